The molecule has 0 aliphatic carbocycles. The molecular formula is C13H17BrN4. The lowest BCUT2D eigenvalue weighted by Crippen LogP contribution is -2.09. The van der Waals surface area contributed by atoms with Gasteiger partial charge in [0.2, 0.25) is 0 Å². The van der Waals surface area contributed by atoms with Crippen LogP contribution in [-0.2, 0) is 19.4 Å². The Morgan fingerprint density at radius 2 is 2.00 bits per heavy atom. The third-order valence-electron chi connectivity index (χ3n) is 2.88. The molecule has 96 valence electrons. The van der Waals surface area contributed by atoms with E-state index in [4.69, 9.17) is 5.73 Å². The first kappa shape index (κ1) is 13.2. The summed E-state index contributed by atoms with van der Waals surface area (Å²) in [5.41, 5.74) is 9.01. The highest BCUT2D eigenvalue weighted by atomic mass is 79.9. The zero-order valence-electron chi connectivity index (χ0n) is 10.4. The van der Waals surface area contributed by atoms with Crippen molar-refractivity contribution in [1.82, 2.24) is 15.0 Å². The van der Waals surface area contributed by atoms with Gasteiger partial charge in [-0.05, 0) is 30.7 Å². The standard InChI is InChI=1S/C13H17BrN4/c1-2-13-12(7-8-15)16-17-18(13)9-10-3-5-11(14)6-4-10/h3-6H,2,7-9,15H2,1H3. The molecule has 0 bridgehead atoms. The van der Waals surface area contributed by atoms with Crippen molar-refractivity contribution in [2.45, 2.75) is 26.3 Å². The second-order valence-electron chi connectivity index (χ2n) is 4.16. The number of halogens is 1. The zero-order chi connectivity index (χ0) is 13.0. The molecule has 0 saturated heterocycles. The summed E-state index contributed by atoms with van der Waals surface area (Å²) in [7, 11) is 0. The summed E-state index contributed by atoms with van der Waals surface area (Å²) in [6, 6.07) is 8.26. The number of benzene rings is 1. The highest BCUT2D eigenvalue weighted by molar-refractivity contribution is 9.10. The van der Waals surface area contributed by atoms with Crippen LogP contribution >= 0.6 is 15.9 Å². The summed E-state index contributed by atoms with van der Waals surface area (Å²) in [6.45, 7) is 3.49. The average Bonchev–Trinajstić information content (AvgIpc) is 2.75. The smallest absolute Gasteiger partial charge is 0.0871 e. The van der Waals surface area contributed by atoms with E-state index in [1.807, 2.05) is 16.8 Å². The Balaban J connectivity index is 2.20. The van der Waals surface area contributed by atoms with Gasteiger partial charge in [-0.25, -0.2) is 4.68 Å². The first-order valence-electron chi connectivity index (χ1n) is 6.10. The molecule has 2 rings (SSSR count). The predicted molar refractivity (Wildman–Crippen MR) is 75.4 cm³/mol. The molecule has 0 radical (unpaired) electrons. The molecule has 1 aromatic carbocycles. The van der Waals surface area contributed by atoms with E-state index in [1.54, 1.807) is 0 Å². The van der Waals surface area contributed by atoms with Crippen LogP contribution in [0.3, 0.4) is 0 Å². The van der Waals surface area contributed by atoms with Gasteiger partial charge in [0.1, 0.15) is 0 Å². The fourth-order valence-electron chi connectivity index (χ4n) is 1.98. The Hall–Kier alpha value is -1.20. The van der Waals surface area contributed by atoms with Crippen LogP contribution in [-0.4, -0.2) is 21.5 Å². The molecule has 2 aromatic rings. The van der Waals surface area contributed by atoms with E-state index in [2.05, 4.69) is 45.3 Å². The zero-order valence-corrected chi connectivity index (χ0v) is 12.0. The lowest BCUT2D eigenvalue weighted by atomic mass is 10.2. The maximum Gasteiger partial charge on any atom is 0.0871 e. The second kappa shape index (κ2) is 6.11. The Morgan fingerprint density at radius 1 is 1.28 bits per heavy atom. The van der Waals surface area contributed by atoms with Gasteiger partial charge in [-0.3, -0.25) is 0 Å². The monoisotopic (exact) mass is 308 g/mol. The van der Waals surface area contributed by atoms with Gasteiger partial charge in [-0.15, -0.1) is 5.10 Å². The molecule has 1 heterocycles. The summed E-state index contributed by atoms with van der Waals surface area (Å²) in [5.74, 6) is 0. The Bertz CT molecular complexity index is 504. The lowest BCUT2D eigenvalue weighted by Gasteiger charge is -2.06. The maximum atomic E-state index is 5.58. The van der Waals surface area contributed by atoms with Crippen molar-refractivity contribution in [3.05, 3.63) is 45.7 Å². The molecule has 1 aromatic heterocycles. The van der Waals surface area contributed by atoms with E-state index < -0.39 is 0 Å². The molecular weight excluding hydrogens is 292 g/mol. The van der Waals surface area contributed by atoms with Gasteiger partial charge in [0, 0.05) is 10.9 Å². The summed E-state index contributed by atoms with van der Waals surface area (Å²) in [6.07, 6.45) is 1.72. The van der Waals surface area contributed by atoms with Gasteiger partial charge < -0.3 is 5.73 Å². The molecule has 0 fully saturated rings. The minimum Gasteiger partial charge on any atom is -0.330 e. The van der Waals surface area contributed by atoms with Crippen molar-refractivity contribution in [2.75, 3.05) is 6.54 Å². The predicted octanol–water partition coefficient (Wildman–Crippen LogP) is 2.15. The molecule has 0 saturated carbocycles. The Morgan fingerprint density at radius 3 is 2.61 bits per heavy atom. The first-order valence-corrected chi connectivity index (χ1v) is 6.89. The Labute approximate surface area is 115 Å². The van der Waals surface area contributed by atoms with Gasteiger partial charge in [-0.2, -0.15) is 0 Å². The molecule has 2 N–H and O–H groups in total. The number of nitrogens with two attached hydrogens (primary N) is 1. The summed E-state index contributed by atoms with van der Waals surface area (Å²) < 4.78 is 3.05. The molecule has 18 heavy (non-hydrogen) atoms. The second-order valence-corrected chi connectivity index (χ2v) is 5.07. The molecule has 0 amide bonds. The fourth-order valence-corrected chi connectivity index (χ4v) is 2.24. The molecule has 5 heteroatoms. The molecule has 0 atom stereocenters. The van der Waals surface area contributed by atoms with Gasteiger partial charge in [0.05, 0.1) is 17.9 Å². The van der Waals surface area contributed by atoms with Crippen LogP contribution < -0.4 is 5.73 Å². The molecule has 4 nitrogen and oxygen atoms in total. The summed E-state index contributed by atoms with van der Waals surface area (Å²) in [4.78, 5) is 0. The quantitative estimate of drug-likeness (QED) is 0.921. The Kier molecular flexibility index (Phi) is 4.49. The van der Waals surface area contributed by atoms with Crippen LogP contribution in [0.25, 0.3) is 0 Å². The minimum atomic E-state index is 0.615. The summed E-state index contributed by atoms with van der Waals surface area (Å²) >= 11 is 3.44. The lowest BCUT2D eigenvalue weighted by molar-refractivity contribution is 0.622. The summed E-state index contributed by atoms with van der Waals surface area (Å²) in [5, 5.41) is 8.44. The average molecular weight is 309 g/mol. The van der Waals surface area contributed by atoms with E-state index in [9.17, 15) is 0 Å². The third kappa shape index (κ3) is 2.97. The van der Waals surface area contributed by atoms with Crippen LogP contribution in [0.4, 0.5) is 0 Å². The van der Waals surface area contributed by atoms with Gasteiger partial charge >= 0.3 is 0 Å². The van der Waals surface area contributed by atoms with Crippen LogP contribution in [0.5, 0.6) is 0 Å². The van der Waals surface area contributed by atoms with E-state index >= 15 is 0 Å². The van der Waals surface area contributed by atoms with E-state index in [1.165, 1.54) is 11.3 Å². The number of nitrogens with zero attached hydrogens (tertiary/aromatic N) is 3. The highest BCUT2D eigenvalue weighted by Crippen LogP contribution is 2.13. The van der Waals surface area contributed by atoms with Gasteiger partial charge in [-0.1, -0.05) is 40.2 Å². The number of aromatic nitrogens is 3. The van der Waals surface area contributed by atoms with Crippen molar-refractivity contribution in [3.8, 4) is 0 Å². The van der Waals surface area contributed by atoms with Crippen LogP contribution in [0.2, 0.25) is 0 Å². The fraction of sp³-hybridized carbons (Fsp3) is 0.385. The maximum absolute atomic E-state index is 5.58. The normalized spacial score (nSPS) is 10.8. The molecule has 0 unspecified atom stereocenters. The van der Waals surface area contributed by atoms with Crippen molar-refractivity contribution in [2.24, 2.45) is 5.73 Å². The van der Waals surface area contributed by atoms with Gasteiger partial charge in [0.15, 0.2) is 0 Å². The van der Waals surface area contributed by atoms with Crippen molar-refractivity contribution < 1.29 is 0 Å². The number of rotatable bonds is 5. The third-order valence-corrected chi connectivity index (χ3v) is 3.41. The molecule has 0 aliphatic heterocycles. The van der Waals surface area contributed by atoms with E-state index in [0.717, 1.165) is 29.6 Å². The van der Waals surface area contributed by atoms with Crippen molar-refractivity contribution in [3.63, 3.8) is 0 Å². The van der Waals surface area contributed by atoms with E-state index in [0.29, 0.717) is 6.54 Å². The van der Waals surface area contributed by atoms with Crippen molar-refractivity contribution >= 4 is 15.9 Å². The minimum absolute atomic E-state index is 0.615. The molecule has 0 aliphatic rings. The van der Waals surface area contributed by atoms with E-state index in [-0.39, 0.29) is 0 Å². The van der Waals surface area contributed by atoms with Gasteiger partial charge in [0.25, 0.3) is 0 Å². The SMILES string of the molecule is CCc1c(CCN)nnn1Cc1ccc(Br)cc1. The van der Waals surface area contributed by atoms with Crippen molar-refractivity contribution in [1.29, 1.82) is 0 Å². The van der Waals surface area contributed by atoms with Crippen LogP contribution in [0, 0.1) is 0 Å². The first-order chi connectivity index (χ1) is 8.74. The largest absolute Gasteiger partial charge is 0.330 e. The van der Waals surface area contributed by atoms with Crippen LogP contribution in [0.1, 0.15) is 23.9 Å². The molecule has 0 spiro atoms. The number of hydrogen-bond donors (Lipinski definition) is 1. The topological polar surface area (TPSA) is 56.7 Å². The highest BCUT2D eigenvalue weighted by Gasteiger charge is 2.10. The van der Waals surface area contributed by atoms with Crippen LogP contribution in [0.15, 0.2) is 28.7 Å². The number of hydrogen-bond acceptors (Lipinski definition) is 3.